The Bertz CT molecular complexity index is 722. The zero-order valence-corrected chi connectivity index (χ0v) is 15.2. The summed E-state index contributed by atoms with van der Waals surface area (Å²) in [5.74, 6) is 1.88. The van der Waals surface area contributed by atoms with Crippen molar-refractivity contribution in [3.05, 3.63) is 12.3 Å². The van der Waals surface area contributed by atoms with Crippen molar-refractivity contribution in [2.24, 2.45) is 0 Å². The van der Waals surface area contributed by atoms with E-state index in [1.807, 2.05) is 18.0 Å². The van der Waals surface area contributed by atoms with Gasteiger partial charge in [0, 0.05) is 51.5 Å². The van der Waals surface area contributed by atoms with Crippen LogP contribution in [0.2, 0.25) is 0 Å². The monoisotopic (exact) mass is 367 g/mol. The Balaban J connectivity index is 1.52. The number of hydrogen-bond acceptors (Lipinski definition) is 9. The quantitative estimate of drug-likeness (QED) is 0.578. The van der Waals surface area contributed by atoms with Crippen LogP contribution in [0.1, 0.15) is 6.42 Å². The smallest absolute Gasteiger partial charge is 0.227 e. The zero-order valence-electron chi connectivity index (χ0n) is 14.4. The van der Waals surface area contributed by atoms with E-state index < -0.39 is 9.84 Å². The highest BCUT2D eigenvalue weighted by Gasteiger charge is 2.43. The number of anilines is 2. The van der Waals surface area contributed by atoms with Gasteiger partial charge in [-0.15, -0.1) is 0 Å². The van der Waals surface area contributed by atoms with E-state index in [9.17, 15) is 8.42 Å². The first kappa shape index (κ1) is 17.0. The molecule has 1 aromatic rings. The molecule has 3 saturated heterocycles. The number of likely N-dealkylation sites (N-methyl/N-ethyl adjacent to an activating group) is 1. The van der Waals surface area contributed by atoms with Gasteiger partial charge in [0.2, 0.25) is 5.95 Å². The van der Waals surface area contributed by atoms with Crippen molar-refractivity contribution in [1.29, 1.82) is 0 Å². The second-order valence-corrected chi connectivity index (χ2v) is 9.20. The number of hydrazine groups is 1. The van der Waals surface area contributed by atoms with E-state index in [-0.39, 0.29) is 23.6 Å². The summed E-state index contributed by atoms with van der Waals surface area (Å²) in [5, 5.41) is 3.33. The highest BCUT2D eigenvalue weighted by Crippen LogP contribution is 2.26. The minimum atomic E-state index is -2.99. The van der Waals surface area contributed by atoms with Crippen molar-refractivity contribution in [3.63, 3.8) is 0 Å². The normalized spacial score (nSPS) is 31.1. The number of sulfone groups is 1. The minimum Gasteiger partial charge on any atom is -0.350 e. The topological polar surface area (TPSA) is 102 Å². The van der Waals surface area contributed by atoms with Crippen LogP contribution in [0.4, 0.5) is 11.8 Å². The molecule has 1 aromatic heterocycles. The molecule has 4 rings (SSSR count). The molecule has 0 bridgehead atoms. The third-order valence-corrected chi connectivity index (χ3v) is 6.88. The van der Waals surface area contributed by atoms with Gasteiger partial charge in [-0.05, 0) is 12.5 Å². The Kier molecular flexibility index (Phi) is 4.52. The van der Waals surface area contributed by atoms with Crippen LogP contribution >= 0.6 is 0 Å². The molecule has 10 heteroatoms. The standard InChI is InChI=1S/C15H25N7O2S/c1-21(8-11-2-5-18-20-11)15-17-4-3-14(19-15)22-7-6-16-12-9-25(23,24)10-13(12)22/h3-4,11-13,16,18,20H,2,5-10H2,1H3/t11?,12-,13+/m1/s1. The van der Waals surface area contributed by atoms with Crippen LogP contribution in [-0.2, 0) is 9.84 Å². The number of fused-ring (bicyclic) bond motifs is 1. The van der Waals surface area contributed by atoms with E-state index >= 15 is 0 Å². The summed E-state index contributed by atoms with van der Waals surface area (Å²) in [6.07, 6.45) is 2.83. The molecular weight excluding hydrogens is 342 g/mol. The molecule has 3 N–H and O–H groups in total. The van der Waals surface area contributed by atoms with Crippen molar-refractivity contribution in [2.75, 3.05) is 54.5 Å². The van der Waals surface area contributed by atoms with Crippen LogP contribution in [0.3, 0.4) is 0 Å². The van der Waals surface area contributed by atoms with E-state index in [1.165, 1.54) is 0 Å². The summed E-state index contributed by atoms with van der Waals surface area (Å²) >= 11 is 0. The van der Waals surface area contributed by atoms with Crippen molar-refractivity contribution in [1.82, 2.24) is 26.1 Å². The van der Waals surface area contributed by atoms with Gasteiger partial charge < -0.3 is 15.1 Å². The predicted octanol–water partition coefficient (Wildman–Crippen LogP) is -1.65. The summed E-state index contributed by atoms with van der Waals surface area (Å²) in [7, 11) is -0.999. The molecular formula is C15H25N7O2S. The lowest BCUT2D eigenvalue weighted by molar-refractivity contribution is 0.422. The molecule has 0 amide bonds. The van der Waals surface area contributed by atoms with Gasteiger partial charge in [0.05, 0.1) is 17.5 Å². The van der Waals surface area contributed by atoms with Gasteiger partial charge in [-0.3, -0.25) is 10.9 Å². The lowest BCUT2D eigenvalue weighted by atomic mass is 10.1. The van der Waals surface area contributed by atoms with Crippen LogP contribution in [-0.4, -0.2) is 81.2 Å². The van der Waals surface area contributed by atoms with Gasteiger partial charge in [-0.2, -0.15) is 4.98 Å². The zero-order chi connectivity index (χ0) is 17.4. The Hall–Kier alpha value is -1.49. The molecule has 9 nitrogen and oxygen atoms in total. The maximum Gasteiger partial charge on any atom is 0.227 e. The molecule has 0 spiro atoms. The number of rotatable bonds is 4. The van der Waals surface area contributed by atoms with Crippen molar-refractivity contribution in [3.8, 4) is 0 Å². The van der Waals surface area contributed by atoms with Crippen LogP contribution in [0.5, 0.6) is 0 Å². The molecule has 0 aromatic carbocycles. The maximum absolute atomic E-state index is 12.0. The van der Waals surface area contributed by atoms with Gasteiger partial charge in [0.25, 0.3) is 0 Å². The molecule has 3 atom stereocenters. The highest BCUT2D eigenvalue weighted by atomic mass is 32.2. The number of piperazine rings is 1. The van der Waals surface area contributed by atoms with Crippen LogP contribution < -0.4 is 26.0 Å². The average Bonchev–Trinajstić information content (AvgIpc) is 3.20. The van der Waals surface area contributed by atoms with E-state index in [1.54, 1.807) is 6.20 Å². The summed E-state index contributed by atoms with van der Waals surface area (Å²) in [6.45, 7) is 3.31. The Morgan fingerprint density at radius 3 is 3.04 bits per heavy atom. The van der Waals surface area contributed by atoms with E-state index in [0.717, 1.165) is 38.4 Å². The molecule has 25 heavy (non-hydrogen) atoms. The molecule has 3 aliphatic heterocycles. The third kappa shape index (κ3) is 3.57. The van der Waals surface area contributed by atoms with E-state index in [2.05, 4.69) is 26.1 Å². The summed E-state index contributed by atoms with van der Waals surface area (Å²) in [5.41, 5.74) is 6.38. The molecule has 3 fully saturated rings. The molecule has 138 valence electrons. The van der Waals surface area contributed by atoms with E-state index in [0.29, 0.717) is 12.0 Å². The van der Waals surface area contributed by atoms with Crippen LogP contribution in [0.25, 0.3) is 0 Å². The number of nitrogens with zero attached hydrogens (tertiary/aromatic N) is 4. The third-order valence-electron chi connectivity index (χ3n) is 5.16. The molecule has 0 aliphatic carbocycles. The Morgan fingerprint density at radius 1 is 1.36 bits per heavy atom. The van der Waals surface area contributed by atoms with Gasteiger partial charge in [-0.25, -0.2) is 13.4 Å². The summed E-state index contributed by atoms with van der Waals surface area (Å²) in [4.78, 5) is 13.3. The van der Waals surface area contributed by atoms with Crippen LogP contribution in [0.15, 0.2) is 12.3 Å². The first-order valence-corrected chi connectivity index (χ1v) is 10.6. The van der Waals surface area contributed by atoms with Crippen molar-refractivity contribution in [2.45, 2.75) is 24.5 Å². The number of aromatic nitrogens is 2. The minimum absolute atomic E-state index is 0.0105. The fourth-order valence-corrected chi connectivity index (χ4v) is 5.87. The largest absolute Gasteiger partial charge is 0.350 e. The molecule has 0 saturated carbocycles. The lowest BCUT2D eigenvalue weighted by Crippen LogP contribution is -2.57. The van der Waals surface area contributed by atoms with Crippen LogP contribution in [0, 0.1) is 0 Å². The highest BCUT2D eigenvalue weighted by molar-refractivity contribution is 7.91. The number of hydrogen-bond donors (Lipinski definition) is 3. The summed E-state index contributed by atoms with van der Waals surface area (Å²) < 4.78 is 24.0. The van der Waals surface area contributed by atoms with Crippen molar-refractivity contribution >= 4 is 21.6 Å². The second kappa shape index (κ2) is 6.67. The van der Waals surface area contributed by atoms with E-state index in [4.69, 9.17) is 4.98 Å². The molecule has 1 unspecified atom stereocenters. The first-order valence-electron chi connectivity index (χ1n) is 8.75. The Labute approximate surface area is 148 Å². The number of nitrogens with one attached hydrogen (secondary N) is 3. The first-order chi connectivity index (χ1) is 12.0. The van der Waals surface area contributed by atoms with Crippen molar-refractivity contribution < 1.29 is 8.42 Å². The fourth-order valence-electron chi connectivity index (χ4n) is 3.92. The van der Waals surface area contributed by atoms with Gasteiger partial charge >= 0.3 is 0 Å². The maximum atomic E-state index is 12.0. The SMILES string of the molecule is CN(CC1CCNN1)c1nccc(N2CCN[C@@H]3CS(=O)(=O)C[C@@H]32)n1. The van der Waals surface area contributed by atoms with Gasteiger partial charge in [-0.1, -0.05) is 0 Å². The molecule has 3 aliphatic rings. The molecule has 4 heterocycles. The molecule has 0 radical (unpaired) electrons. The van der Waals surface area contributed by atoms with Gasteiger partial charge in [0.1, 0.15) is 5.82 Å². The average molecular weight is 367 g/mol. The fraction of sp³-hybridized carbons (Fsp3) is 0.733. The Morgan fingerprint density at radius 2 is 2.24 bits per heavy atom. The predicted molar refractivity (Wildman–Crippen MR) is 96.4 cm³/mol. The second-order valence-electron chi connectivity index (χ2n) is 7.05. The lowest BCUT2D eigenvalue weighted by Gasteiger charge is -2.38. The summed E-state index contributed by atoms with van der Waals surface area (Å²) in [6, 6.07) is 2.19. The van der Waals surface area contributed by atoms with Gasteiger partial charge in [0.15, 0.2) is 9.84 Å².